The molecule has 2 aromatic carbocycles. The van der Waals surface area contributed by atoms with Crippen molar-refractivity contribution in [3.05, 3.63) is 65.0 Å². The lowest BCUT2D eigenvalue weighted by molar-refractivity contribution is -0.121. The van der Waals surface area contributed by atoms with E-state index in [0.29, 0.717) is 6.54 Å². The molecule has 1 fully saturated rings. The van der Waals surface area contributed by atoms with Gasteiger partial charge in [0.25, 0.3) is 0 Å². The summed E-state index contributed by atoms with van der Waals surface area (Å²) in [5, 5.41) is 3.08. The monoisotopic (exact) mass is 340 g/mol. The van der Waals surface area contributed by atoms with Gasteiger partial charge < -0.3 is 5.32 Å². The van der Waals surface area contributed by atoms with Crippen LogP contribution in [0.1, 0.15) is 29.5 Å². The molecular weight excluding hydrogens is 315 g/mol. The molecule has 0 aliphatic carbocycles. The molecule has 1 heterocycles. The van der Waals surface area contributed by atoms with Crippen LogP contribution in [0.25, 0.3) is 0 Å². The molecule has 1 aliphatic heterocycles. The molecule has 1 saturated heterocycles. The Hall–Kier alpha value is -2.20. The topological polar surface area (TPSA) is 32.3 Å². The number of piperidine rings is 1. The van der Waals surface area contributed by atoms with E-state index < -0.39 is 0 Å². The van der Waals surface area contributed by atoms with Crippen molar-refractivity contribution >= 4 is 11.6 Å². The van der Waals surface area contributed by atoms with Gasteiger partial charge in [-0.1, -0.05) is 30.3 Å². The van der Waals surface area contributed by atoms with E-state index >= 15 is 0 Å². The van der Waals surface area contributed by atoms with Crippen LogP contribution in [0.5, 0.6) is 0 Å². The summed E-state index contributed by atoms with van der Waals surface area (Å²) in [5.41, 5.74) is 3.84. The fourth-order valence-electron chi connectivity index (χ4n) is 3.33. The summed E-state index contributed by atoms with van der Waals surface area (Å²) in [7, 11) is 0. The first-order chi connectivity index (χ1) is 12.0. The molecule has 3 rings (SSSR count). The number of nitrogens with one attached hydrogen (secondary N) is 1. The molecular formula is C21H25FN2O. The minimum absolute atomic E-state index is 0.0248. The van der Waals surface area contributed by atoms with Crippen molar-refractivity contribution in [1.82, 2.24) is 4.90 Å². The fourth-order valence-corrected chi connectivity index (χ4v) is 3.33. The predicted molar refractivity (Wildman–Crippen MR) is 98.9 cm³/mol. The van der Waals surface area contributed by atoms with Crippen molar-refractivity contribution in [3.63, 3.8) is 0 Å². The second-order valence-electron chi connectivity index (χ2n) is 6.95. The zero-order chi connectivity index (χ0) is 17.8. The van der Waals surface area contributed by atoms with E-state index in [9.17, 15) is 9.18 Å². The van der Waals surface area contributed by atoms with Gasteiger partial charge in [-0.15, -0.1) is 0 Å². The fraction of sp³-hybridized carbons (Fsp3) is 0.381. The summed E-state index contributed by atoms with van der Waals surface area (Å²) in [5.74, 6) is -0.0340. The highest BCUT2D eigenvalue weighted by molar-refractivity contribution is 5.93. The third kappa shape index (κ3) is 4.45. The van der Waals surface area contributed by atoms with Gasteiger partial charge in [0.15, 0.2) is 0 Å². The molecule has 25 heavy (non-hydrogen) atoms. The lowest BCUT2D eigenvalue weighted by Crippen LogP contribution is -2.38. The highest BCUT2D eigenvalue weighted by atomic mass is 19.1. The Balaban J connectivity index is 1.54. The van der Waals surface area contributed by atoms with Crippen LogP contribution in [0.15, 0.2) is 42.5 Å². The number of anilines is 1. The molecule has 0 atom stereocenters. The number of amides is 1. The Morgan fingerprint density at radius 1 is 1.16 bits per heavy atom. The Morgan fingerprint density at radius 2 is 1.88 bits per heavy atom. The number of carbonyl (C=O) groups is 1. The van der Waals surface area contributed by atoms with Gasteiger partial charge in [-0.25, -0.2) is 4.39 Å². The van der Waals surface area contributed by atoms with Crippen LogP contribution >= 0.6 is 0 Å². The number of likely N-dealkylation sites (tertiary alicyclic amines) is 1. The minimum Gasteiger partial charge on any atom is -0.326 e. The Morgan fingerprint density at radius 3 is 2.60 bits per heavy atom. The van der Waals surface area contributed by atoms with Crippen molar-refractivity contribution in [3.8, 4) is 0 Å². The van der Waals surface area contributed by atoms with Gasteiger partial charge in [-0.05, 0) is 63.0 Å². The van der Waals surface area contributed by atoms with Gasteiger partial charge in [0.05, 0.1) is 0 Å². The van der Waals surface area contributed by atoms with Crippen LogP contribution in [0.3, 0.4) is 0 Å². The summed E-state index contributed by atoms with van der Waals surface area (Å²) in [6.45, 7) is 6.28. The number of carbonyl (C=O) groups excluding carboxylic acids is 1. The number of hydrogen-bond acceptors (Lipinski definition) is 2. The first kappa shape index (κ1) is 17.6. The SMILES string of the molecule is Cc1ccc(C)c(NC(=O)C2CCN(Cc3ccccc3F)CC2)c1. The zero-order valence-electron chi connectivity index (χ0n) is 14.9. The number of aryl methyl sites for hydroxylation is 2. The highest BCUT2D eigenvalue weighted by Gasteiger charge is 2.25. The van der Waals surface area contributed by atoms with Crippen molar-refractivity contribution in [2.24, 2.45) is 5.92 Å². The predicted octanol–water partition coefficient (Wildman–Crippen LogP) is 4.29. The maximum Gasteiger partial charge on any atom is 0.227 e. The lowest BCUT2D eigenvalue weighted by atomic mass is 9.95. The van der Waals surface area contributed by atoms with Crippen LogP contribution in [0.2, 0.25) is 0 Å². The van der Waals surface area contributed by atoms with E-state index in [2.05, 4.69) is 10.2 Å². The molecule has 1 aliphatic rings. The maximum absolute atomic E-state index is 13.8. The average Bonchev–Trinajstić information content (AvgIpc) is 2.61. The number of hydrogen-bond donors (Lipinski definition) is 1. The van der Waals surface area contributed by atoms with Crippen molar-refractivity contribution in [2.45, 2.75) is 33.2 Å². The number of nitrogens with zero attached hydrogens (tertiary/aromatic N) is 1. The molecule has 0 bridgehead atoms. The average molecular weight is 340 g/mol. The third-order valence-corrected chi connectivity index (χ3v) is 4.96. The standard InChI is InChI=1S/C21H25FN2O/c1-15-7-8-16(2)20(13-15)23-21(25)17-9-11-24(12-10-17)14-18-5-3-4-6-19(18)22/h3-8,13,17H,9-12,14H2,1-2H3,(H,23,25). The Labute approximate surface area is 148 Å². The Bertz CT molecular complexity index is 751. The zero-order valence-corrected chi connectivity index (χ0v) is 14.9. The molecule has 1 N–H and O–H groups in total. The summed E-state index contributed by atoms with van der Waals surface area (Å²) in [6.07, 6.45) is 1.62. The molecule has 0 spiro atoms. The molecule has 2 aromatic rings. The Kier molecular flexibility index (Phi) is 5.49. The second kappa shape index (κ2) is 7.79. The minimum atomic E-state index is -0.155. The molecule has 0 radical (unpaired) electrons. The maximum atomic E-state index is 13.8. The number of benzene rings is 2. The van der Waals surface area contributed by atoms with Crippen LogP contribution < -0.4 is 5.32 Å². The number of rotatable bonds is 4. The quantitative estimate of drug-likeness (QED) is 0.900. The molecule has 3 nitrogen and oxygen atoms in total. The van der Waals surface area contributed by atoms with Gasteiger partial charge in [-0.2, -0.15) is 0 Å². The van der Waals surface area contributed by atoms with Crippen molar-refractivity contribution in [1.29, 1.82) is 0 Å². The van der Waals surface area contributed by atoms with E-state index in [0.717, 1.165) is 48.3 Å². The summed E-state index contributed by atoms with van der Waals surface area (Å²) in [6, 6.07) is 13.0. The van der Waals surface area contributed by atoms with Crippen molar-refractivity contribution < 1.29 is 9.18 Å². The van der Waals surface area contributed by atoms with Gasteiger partial charge >= 0.3 is 0 Å². The second-order valence-corrected chi connectivity index (χ2v) is 6.95. The lowest BCUT2D eigenvalue weighted by Gasteiger charge is -2.31. The van der Waals surface area contributed by atoms with Crippen molar-refractivity contribution in [2.75, 3.05) is 18.4 Å². The summed E-state index contributed by atoms with van der Waals surface area (Å²) in [4.78, 5) is 14.8. The van der Waals surface area contributed by atoms with Crippen LogP contribution in [-0.2, 0) is 11.3 Å². The van der Waals surface area contributed by atoms with Crippen LogP contribution in [0, 0.1) is 25.6 Å². The first-order valence-corrected chi connectivity index (χ1v) is 8.87. The van der Waals surface area contributed by atoms with Gasteiger partial charge in [0, 0.05) is 23.7 Å². The first-order valence-electron chi connectivity index (χ1n) is 8.87. The number of halogens is 1. The smallest absolute Gasteiger partial charge is 0.227 e. The van der Waals surface area contributed by atoms with Gasteiger partial charge in [0.1, 0.15) is 5.82 Å². The molecule has 1 amide bonds. The van der Waals surface area contributed by atoms with E-state index in [-0.39, 0.29) is 17.6 Å². The van der Waals surface area contributed by atoms with Crippen LogP contribution in [-0.4, -0.2) is 23.9 Å². The molecule has 0 unspecified atom stereocenters. The molecule has 132 valence electrons. The highest BCUT2D eigenvalue weighted by Crippen LogP contribution is 2.23. The largest absolute Gasteiger partial charge is 0.326 e. The normalized spacial score (nSPS) is 16.0. The summed E-state index contributed by atoms with van der Waals surface area (Å²) < 4.78 is 13.8. The van der Waals surface area contributed by atoms with E-state index in [1.807, 2.05) is 44.2 Å². The third-order valence-electron chi connectivity index (χ3n) is 4.96. The van der Waals surface area contributed by atoms with E-state index in [1.54, 1.807) is 6.07 Å². The van der Waals surface area contributed by atoms with E-state index in [4.69, 9.17) is 0 Å². The molecule has 4 heteroatoms. The van der Waals surface area contributed by atoms with Crippen LogP contribution in [0.4, 0.5) is 10.1 Å². The molecule has 0 aromatic heterocycles. The van der Waals surface area contributed by atoms with Gasteiger partial charge in [-0.3, -0.25) is 9.69 Å². The van der Waals surface area contributed by atoms with E-state index in [1.165, 1.54) is 6.07 Å². The van der Waals surface area contributed by atoms with Gasteiger partial charge in [0.2, 0.25) is 5.91 Å². The summed E-state index contributed by atoms with van der Waals surface area (Å²) >= 11 is 0. The molecule has 0 saturated carbocycles.